The first-order chi connectivity index (χ1) is 12.2. The Balaban J connectivity index is 1.77. The maximum Gasteiger partial charge on any atom is 0.191 e. The molecule has 6 heteroatoms. The van der Waals surface area contributed by atoms with Gasteiger partial charge in [0.2, 0.25) is 0 Å². The summed E-state index contributed by atoms with van der Waals surface area (Å²) >= 11 is 1.84. The lowest BCUT2D eigenvalue weighted by molar-refractivity contribution is 0.380. The average molecular weight is 361 g/mol. The molecule has 1 aromatic carbocycles. The quantitative estimate of drug-likeness (QED) is 0.326. The minimum absolute atomic E-state index is 0.681. The van der Waals surface area contributed by atoms with E-state index in [4.69, 9.17) is 4.52 Å². The standard InChI is InChI=1S/C19H28N4OS/c1-5-17-16(18(6-2)24-23-17)13-22-19(20-4)21-11-12-25-15-9-7-14(3)8-10-15/h7-10H,5-6,11-13H2,1-4H3,(H2,20,21,22). The van der Waals surface area contributed by atoms with Crippen LogP contribution < -0.4 is 10.6 Å². The first-order valence-corrected chi connectivity index (χ1v) is 9.76. The Morgan fingerprint density at radius 2 is 1.92 bits per heavy atom. The molecule has 0 bridgehead atoms. The number of aryl methyl sites for hydroxylation is 3. The Bertz CT molecular complexity index is 658. The Hall–Kier alpha value is -1.95. The van der Waals surface area contributed by atoms with Gasteiger partial charge in [0.15, 0.2) is 5.96 Å². The number of nitrogens with one attached hydrogen (secondary N) is 2. The first kappa shape index (κ1) is 19.4. The Labute approximate surface area is 154 Å². The van der Waals surface area contributed by atoms with Gasteiger partial charge in [-0.15, -0.1) is 11.8 Å². The topological polar surface area (TPSA) is 62.5 Å². The summed E-state index contributed by atoms with van der Waals surface area (Å²) in [4.78, 5) is 5.58. The van der Waals surface area contributed by atoms with Crippen LogP contribution in [-0.2, 0) is 19.4 Å². The molecule has 2 N–H and O–H groups in total. The third-order valence-electron chi connectivity index (χ3n) is 3.95. The molecule has 0 aliphatic carbocycles. The normalized spacial score (nSPS) is 11.6. The lowest BCUT2D eigenvalue weighted by Crippen LogP contribution is -2.38. The van der Waals surface area contributed by atoms with E-state index < -0.39 is 0 Å². The molecular formula is C19H28N4OS. The molecule has 2 rings (SSSR count). The molecule has 0 amide bonds. The smallest absolute Gasteiger partial charge is 0.191 e. The zero-order chi connectivity index (χ0) is 18.1. The van der Waals surface area contributed by atoms with Crippen molar-refractivity contribution >= 4 is 17.7 Å². The molecule has 0 saturated carbocycles. The number of hydrogen-bond acceptors (Lipinski definition) is 4. The summed E-state index contributed by atoms with van der Waals surface area (Å²) in [6, 6.07) is 8.62. The minimum atomic E-state index is 0.681. The highest BCUT2D eigenvalue weighted by atomic mass is 32.2. The molecule has 5 nitrogen and oxygen atoms in total. The van der Waals surface area contributed by atoms with Crippen LogP contribution in [0.1, 0.15) is 36.4 Å². The van der Waals surface area contributed by atoms with E-state index in [1.54, 1.807) is 7.05 Å². The van der Waals surface area contributed by atoms with Crippen LogP contribution in [0.25, 0.3) is 0 Å². The summed E-state index contributed by atoms with van der Waals surface area (Å²) in [5.41, 5.74) is 3.47. The molecule has 0 aliphatic heterocycles. The Morgan fingerprint density at radius 1 is 1.16 bits per heavy atom. The van der Waals surface area contributed by atoms with E-state index in [-0.39, 0.29) is 0 Å². The molecular weight excluding hydrogens is 332 g/mol. The van der Waals surface area contributed by atoms with E-state index in [0.717, 1.165) is 48.1 Å². The van der Waals surface area contributed by atoms with Crippen LogP contribution in [0.3, 0.4) is 0 Å². The van der Waals surface area contributed by atoms with Gasteiger partial charge in [-0.25, -0.2) is 0 Å². The SMILES string of the molecule is CCc1noc(CC)c1CNC(=NC)NCCSc1ccc(C)cc1. The van der Waals surface area contributed by atoms with Gasteiger partial charge in [-0.05, 0) is 25.5 Å². The predicted molar refractivity (Wildman–Crippen MR) is 105 cm³/mol. The van der Waals surface area contributed by atoms with Crippen molar-refractivity contribution in [3.05, 3.63) is 46.8 Å². The molecule has 0 fully saturated rings. The van der Waals surface area contributed by atoms with Crippen molar-refractivity contribution in [2.75, 3.05) is 19.3 Å². The largest absolute Gasteiger partial charge is 0.361 e. The Morgan fingerprint density at radius 3 is 2.56 bits per heavy atom. The van der Waals surface area contributed by atoms with Gasteiger partial charge in [0.1, 0.15) is 5.76 Å². The summed E-state index contributed by atoms with van der Waals surface area (Å²) in [6.45, 7) is 7.81. The van der Waals surface area contributed by atoms with E-state index >= 15 is 0 Å². The van der Waals surface area contributed by atoms with Crippen molar-refractivity contribution < 1.29 is 4.52 Å². The van der Waals surface area contributed by atoms with Gasteiger partial charge in [-0.3, -0.25) is 4.99 Å². The molecule has 25 heavy (non-hydrogen) atoms. The molecule has 0 saturated heterocycles. The highest BCUT2D eigenvalue weighted by Gasteiger charge is 2.13. The third kappa shape index (κ3) is 5.81. The van der Waals surface area contributed by atoms with Crippen LogP contribution in [0.2, 0.25) is 0 Å². The van der Waals surface area contributed by atoms with Gasteiger partial charge >= 0.3 is 0 Å². The van der Waals surface area contributed by atoms with Crippen LogP contribution in [-0.4, -0.2) is 30.5 Å². The number of aliphatic imine (C=N–C) groups is 1. The number of rotatable bonds is 8. The zero-order valence-corrected chi connectivity index (χ0v) is 16.4. The second kappa shape index (κ2) is 10.1. The van der Waals surface area contributed by atoms with Crippen molar-refractivity contribution in [3.8, 4) is 0 Å². The van der Waals surface area contributed by atoms with Crippen LogP contribution in [0.4, 0.5) is 0 Å². The number of thioether (sulfide) groups is 1. The number of hydrogen-bond donors (Lipinski definition) is 2. The van der Waals surface area contributed by atoms with Crippen LogP contribution >= 0.6 is 11.8 Å². The molecule has 0 aliphatic rings. The van der Waals surface area contributed by atoms with E-state index in [2.05, 4.69) is 65.8 Å². The molecule has 0 spiro atoms. The predicted octanol–water partition coefficient (Wildman–Crippen LogP) is 3.57. The molecule has 1 heterocycles. The summed E-state index contributed by atoms with van der Waals surface area (Å²) < 4.78 is 5.40. The van der Waals surface area contributed by atoms with Gasteiger partial charge < -0.3 is 15.2 Å². The van der Waals surface area contributed by atoms with Gasteiger partial charge in [0.25, 0.3) is 0 Å². The Kier molecular flexibility index (Phi) is 7.85. The van der Waals surface area contributed by atoms with Gasteiger partial charge in [-0.2, -0.15) is 0 Å². The van der Waals surface area contributed by atoms with Crippen molar-refractivity contribution in [2.24, 2.45) is 4.99 Å². The van der Waals surface area contributed by atoms with Crippen LogP contribution in [0.5, 0.6) is 0 Å². The zero-order valence-electron chi connectivity index (χ0n) is 15.6. The van der Waals surface area contributed by atoms with Crippen molar-refractivity contribution in [1.82, 2.24) is 15.8 Å². The van der Waals surface area contributed by atoms with Crippen LogP contribution in [0.15, 0.2) is 38.7 Å². The summed E-state index contributed by atoms with van der Waals surface area (Å²) in [6.07, 6.45) is 1.73. The lowest BCUT2D eigenvalue weighted by atomic mass is 10.1. The lowest BCUT2D eigenvalue weighted by Gasteiger charge is -2.12. The average Bonchev–Trinajstić information content (AvgIpc) is 3.04. The minimum Gasteiger partial charge on any atom is -0.361 e. The van der Waals surface area contributed by atoms with E-state index in [0.29, 0.717) is 6.54 Å². The van der Waals surface area contributed by atoms with Crippen molar-refractivity contribution in [1.29, 1.82) is 0 Å². The molecule has 136 valence electrons. The number of guanidine groups is 1. The van der Waals surface area contributed by atoms with Crippen molar-refractivity contribution in [2.45, 2.75) is 45.1 Å². The fourth-order valence-corrected chi connectivity index (χ4v) is 3.27. The maximum absolute atomic E-state index is 5.40. The van der Waals surface area contributed by atoms with E-state index in [1.165, 1.54) is 10.5 Å². The highest BCUT2D eigenvalue weighted by Crippen LogP contribution is 2.17. The van der Waals surface area contributed by atoms with Crippen LogP contribution in [0, 0.1) is 6.92 Å². The monoisotopic (exact) mass is 360 g/mol. The van der Waals surface area contributed by atoms with Crippen molar-refractivity contribution in [3.63, 3.8) is 0 Å². The third-order valence-corrected chi connectivity index (χ3v) is 4.96. The van der Waals surface area contributed by atoms with Gasteiger partial charge in [-0.1, -0.05) is 36.7 Å². The summed E-state index contributed by atoms with van der Waals surface area (Å²) in [5.74, 6) is 2.74. The maximum atomic E-state index is 5.40. The van der Waals surface area contributed by atoms with Gasteiger partial charge in [0, 0.05) is 42.8 Å². The fraction of sp³-hybridized carbons (Fsp3) is 0.474. The number of aromatic nitrogens is 1. The molecule has 0 atom stereocenters. The molecule has 1 aromatic heterocycles. The summed E-state index contributed by atoms with van der Waals surface area (Å²) in [5, 5.41) is 10.9. The summed E-state index contributed by atoms with van der Waals surface area (Å²) in [7, 11) is 1.79. The number of nitrogens with zero attached hydrogens (tertiary/aromatic N) is 2. The number of benzene rings is 1. The van der Waals surface area contributed by atoms with E-state index in [9.17, 15) is 0 Å². The fourth-order valence-electron chi connectivity index (χ4n) is 2.50. The highest BCUT2D eigenvalue weighted by molar-refractivity contribution is 7.99. The second-order valence-electron chi connectivity index (χ2n) is 5.75. The molecule has 0 radical (unpaired) electrons. The molecule has 2 aromatic rings. The van der Waals surface area contributed by atoms with E-state index in [1.807, 2.05) is 11.8 Å². The van der Waals surface area contributed by atoms with Gasteiger partial charge in [0.05, 0.1) is 5.69 Å². The first-order valence-electron chi connectivity index (χ1n) is 8.78. The second-order valence-corrected chi connectivity index (χ2v) is 6.92. The molecule has 0 unspecified atom stereocenters.